The fourth-order valence-corrected chi connectivity index (χ4v) is 2.68. The molecule has 2 aliphatic carbocycles. The van der Waals surface area contributed by atoms with Crippen LogP contribution in [-0.4, -0.2) is 13.1 Å². The van der Waals surface area contributed by atoms with E-state index in [4.69, 9.17) is 0 Å². The molecule has 0 unspecified atom stereocenters. The molecule has 0 aromatic heterocycles. The topological polar surface area (TPSA) is 12.0 Å². The molecule has 2 fully saturated rings. The van der Waals surface area contributed by atoms with Crippen LogP contribution in [-0.2, 0) is 0 Å². The molecule has 1 N–H and O–H groups in total. The third kappa shape index (κ3) is 2.46. The molecular weight excluding hydrogens is 158 g/mol. The van der Waals surface area contributed by atoms with Crippen molar-refractivity contribution in [3.8, 4) is 0 Å². The first-order valence-electron chi connectivity index (χ1n) is 5.99. The smallest absolute Gasteiger partial charge is 0.000527 e. The number of hydrogen-bond donors (Lipinski definition) is 1. The Labute approximate surface area is 82.3 Å². The molecule has 0 aliphatic heterocycles. The summed E-state index contributed by atoms with van der Waals surface area (Å²) in [5.41, 5.74) is 0.643. The molecule has 0 aromatic carbocycles. The van der Waals surface area contributed by atoms with Crippen LogP contribution >= 0.6 is 0 Å². The Bertz CT molecular complexity index is 155. The maximum atomic E-state index is 3.67. The van der Waals surface area contributed by atoms with Gasteiger partial charge < -0.3 is 5.32 Å². The molecule has 76 valence electrons. The molecule has 2 rings (SSSR count). The van der Waals surface area contributed by atoms with Crippen LogP contribution in [0, 0.1) is 11.3 Å². The SMILES string of the molecule is CC1(CNCC2CCC2)CCCC1. The predicted octanol–water partition coefficient (Wildman–Crippen LogP) is 2.96. The maximum absolute atomic E-state index is 3.67. The summed E-state index contributed by atoms with van der Waals surface area (Å²) in [6.45, 7) is 5.01. The Hall–Kier alpha value is -0.0400. The van der Waals surface area contributed by atoms with Crippen molar-refractivity contribution in [2.75, 3.05) is 13.1 Å². The highest BCUT2D eigenvalue weighted by molar-refractivity contribution is 4.83. The summed E-state index contributed by atoms with van der Waals surface area (Å²) in [4.78, 5) is 0. The molecule has 0 aromatic rings. The highest BCUT2D eigenvalue weighted by Crippen LogP contribution is 2.36. The monoisotopic (exact) mass is 181 g/mol. The summed E-state index contributed by atoms with van der Waals surface area (Å²) < 4.78 is 0. The molecule has 1 heteroatoms. The van der Waals surface area contributed by atoms with Crippen LogP contribution in [0.5, 0.6) is 0 Å². The summed E-state index contributed by atoms with van der Waals surface area (Å²) in [6, 6.07) is 0. The average molecular weight is 181 g/mol. The second-order valence-electron chi connectivity index (χ2n) is 5.45. The van der Waals surface area contributed by atoms with Gasteiger partial charge in [-0.3, -0.25) is 0 Å². The van der Waals surface area contributed by atoms with E-state index in [1.165, 1.54) is 58.0 Å². The molecule has 0 heterocycles. The van der Waals surface area contributed by atoms with E-state index in [9.17, 15) is 0 Å². The van der Waals surface area contributed by atoms with Crippen molar-refractivity contribution in [2.45, 2.75) is 51.9 Å². The van der Waals surface area contributed by atoms with E-state index in [1.54, 1.807) is 0 Å². The minimum atomic E-state index is 0.643. The third-order valence-electron chi connectivity index (χ3n) is 4.02. The van der Waals surface area contributed by atoms with Crippen LogP contribution in [0.15, 0.2) is 0 Å². The van der Waals surface area contributed by atoms with Gasteiger partial charge in [-0.2, -0.15) is 0 Å². The van der Waals surface area contributed by atoms with Crippen LogP contribution in [0.4, 0.5) is 0 Å². The van der Waals surface area contributed by atoms with Crippen molar-refractivity contribution in [2.24, 2.45) is 11.3 Å². The lowest BCUT2D eigenvalue weighted by Crippen LogP contribution is -2.34. The van der Waals surface area contributed by atoms with Crippen LogP contribution in [0.1, 0.15) is 51.9 Å². The lowest BCUT2D eigenvalue weighted by atomic mass is 9.84. The normalized spacial score (nSPS) is 27.5. The first-order valence-corrected chi connectivity index (χ1v) is 5.99. The number of nitrogens with one attached hydrogen (secondary N) is 1. The van der Waals surface area contributed by atoms with Crippen LogP contribution in [0.3, 0.4) is 0 Å². The zero-order valence-corrected chi connectivity index (χ0v) is 8.94. The predicted molar refractivity (Wildman–Crippen MR) is 56.8 cm³/mol. The standard InChI is InChI=1S/C12H23N/c1-12(7-2-3-8-12)10-13-9-11-5-4-6-11/h11,13H,2-10H2,1H3. The van der Waals surface area contributed by atoms with Crippen molar-refractivity contribution in [1.29, 1.82) is 0 Å². The second-order valence-corrected chi connectivity index (χ2v) is 5.45. The largest absolute Gasteiger partial charge is 0.316 e. The van der Waals surface area contributed by atoms with Crippen molar-refractivity contribution in [1.82, 2.24) is 5.32 Å². The lowest BCUT2D eigenvalue weighted by molar-refractivity contribution is 0.262. The van der Waals surface area contributed by atoms with Crippen molar-refractivity contribution in [3.05, 3.63) is 0 Å². The van der Waals surface area contributed by atoms with Gasteiger partial charge in [0.25, 0.3) is 0 Å². The second kappa shape index (κ2) is 4.00. The van der Waals surface area contributed by atoms with Gasteiger partial charge in [0.2, 0.25) is 0 Å². The Morgan fingerprint density at radius 3 is 2.38 bits per heavy atom. The maximum Gasteiger partial charge on any atom is 0.000527 e. The zero-order valence-electron chi connectivity index (χ0n) is 8.94. The van der Waals surface area contributed by atoms with Crippen molar-refractivity contribution < 1.29 is 0 Å². The van der Waals surface area contributed by atoms with E-state index in [-0.39, 0.29) is 0 Å². The highest BCUT2D eigenvalue weighted by atomic mass is 14.9. The van der Waals surface area contributed by atoms with Gasteiger partial charge in [0.15, 0.2) is 0 Å². The first kappa shape index (κ1) is 9.51. The van der Waals surface area contributed by atoms with Crippen LogP contribution in [0.25, 0.3) is 0 Å². The molecule has 0 amide bonds. The van der Waals surface area contributed by atoms with Crippen molar-refractivity contribution in [3.63, 3.8) is 0 Å². The summed E-state index contributed by atoms with van der Waals surface area (Å²) >= 11 is 0. The molecule has 2 aliphatic rings. The fourth-order valence-electron chi connectivity index (χ4n) is 2.68. The fraction of sp³-hybridized carbons (Fsp3) is 1.00. The van der Waals surface area contributed by atoms with Gasteiger partial charge >= 0.3 is 0 Å². The van der Waals surface area contributed by atoms with Gasteiger partial charge in [0.05, 0.1) is 0 Å². The van der Waals surface area contributed by atoms with Gasteiger partial charge in [-0.1, -0.05) is 26.2 Å². The average Bonchev–Trinajstić information content (AvgIpc) is 2.43. The van der Waals surface area contributed by atoms with Crippen LogP contribution in [0.2, 0.25) is 0 Å². The van der Waals surface area contributed by atoms with E-state index in [1.807, 2.05) is 0 Å². The van der Waals surface area contributed by atoms with Gasteiger partial charge in [0.1, 0.15) is 0 Å². The van der Waals surface area contributed by atoms with E-state index < -0.39 is 0 Å². The van der Waals surface area contributed by atoms with Crippen molar-refractivity contribution >= 4 is 0 Å². The molecule has 0 radical (unpaired) electrons. The minimum Gasteiger partial charge on any atom is -0.316 e. The highest BCUT2D eigenvalue weighted by Gasteiger charge is 2.28. The Morgan fingerprint density at radius 1 is 1.15 bits per heavy atom. The summed E-state index contributed by atoms with van der Waals surface area (Å²) in [5, 5.41) is 3.67. The van der Waals surface area contributed by atoms with E-state index >= 15 is 0 Å². The molecule has 0 spiro atoms. The lowest BCUT2D eigenvalue weighted by Gasteiger charge is -2.29. The molecule has 13 heavy (non-hydrogen) atoms. The molecular formula is C12H23N. The first-order chi connectivity index (χ1) is 6.29. The minimum absolute atomic E-state index is 0.643. The van der Waals surface area contributed by atoms with E-state index in [0.29, 0.717) is 5.41 Å². The van der Waals surface area contributed by atoms with Gasteiger partial charge in [-0.25, -0.2) is 0 Å². The van der Waals surface area contributed by atoms with E-state index in [2.05, 4.69) is 12.2 Å². The van der Waals surface area contributed by atoms with Crippen LogP contribution < -0.4 is 5.32 Å². The molecule has 0 saturated heterocycles. The molecule has 0 bridgehead atoms. The van der Waals surface area contributed by atoms with Gasteiger partial charge in [0, 0.05) is 6.54 Å². The number of hydrogen-bond acceptors (Lipinski definition) is 1. The zero-order chi connectivity index (χ0) is 9.15. The number of rotatable bonds is 4. The third-order valence-corrected chi connectivity index (χ3v) is 4.02. The Kier molecular flexibility index (Phi) is 2.92. The molecule has 0 atom stereocenters. The summed E-state index contributed by atoms with van der Waals surface area (Å²) in [7, 11) is 0. The Balaban J connectivity index is 1.60. The molecule has 2 saturated carbocycles. The van der Waals surface area contributed by atoms with E-state index in [0.717, 1.165) is 5.92 Å². The summed E-state index contributed by atoms with van der Waals surface area (Å²) in [5.74, 6) is 1.02. The molecule has 1 nitrogen and oxygen atoms in total. The van der Waals surface area contributed by atoms with Gasteiger partial charge in [-0.05, 0) is 43.6 Å². The quantitative estimate of drug-likeness (QED) is 0.703. The Morgan fingerprint density at radius 2 is 1.85 bits per heavy atom. The van der Waals surface area contributed by atoms with Gasteiger partial charge in [-0.15, -0.1) is 0 Å². The summed E-state index contributed by atoms with van der Waals surface area (Å²) in [6.07, 6.45) is 10.2.